The Morgan fingerprint density at radius 3 is 2.15 bits per heavy atom. The third-order valence-corrected chi connectivity index (χ3v) is 6.00. The first-order chi connectivity index (χ1) is 12.5. The van der Waals surface area contributed by atoms with Crippen LogP contribution in [0.5, 0.6) is 0 Å². The van der Waals surface area contributed by atoms with Gasteiger partial charge in [0, 0.05) is 37.6 Å². The highest BCUT2D eigenvalue weighted by Gasteiger charge is 2.17. The van der Waals surface area contributed by atoms with Crippen LogP contribution in [-0.4, -0.2) is 46.0 Å². The molecule has 1 fully saturated rings. The Morgan fingerprint density at radius 2 is 1.62 bits per heavy atom. The van der Waals surface area contributed by atoms with Crippen LogP contribution in [0.15, 0.2) is 53.4 Å². The quantitative estimate of drug-likeness (QED) is 0.875. The van der Waals surface area contributed by atoms with E-state index in [1.165, 1.54) is 24.3 Å². The van der Waals surface area contributed by atoms with Gasteiger partial charge in [-0.05, 0) is 55.1 Å². The van der Waals surface area contributed by atoms with E-state index in [4.69, 9.17) is 5.26 Å². The molecule has 0 unspecified atom stereocenters. The Morgan fingerprint density at radius 1 is 1.00 bits per heavy atom. The molecular weight excluding hydrogens is 348 g/mol. The molecule has 1 aliphatic rings. The molecule has 0 aliphatic carbocycles. The van der Waals surface area contributed by atoms with Gasteiger partial charge in [0.1, 0.15) is 0 Å². The van der Waals surface area contributed by atoms with Crippen molar-refractivity contribution >= 4 is 21.4 Å². The number of hydrogen-bond donors (Lipinski definition) is 1. The van der Waals surface area contributed by atoms with E-state index in [9.17, 15) is 8.42 Å². The highest BCUT2D eigenvalue weighted by molar-refractivity contribution is 7.92. The average molecular weight is 370 g/mol. The van der Waals surface area contributed by atoms with Gasteiger partial charge in [-0.3, -0.25) is 4.72 Å². The molecule has 0 saturated carbocycles. The van der Waals surface area contributed by atoms with Gasteiger partial charge in [-0.25, -0.2) is 8.42 Å². The second-order valence-corrected chi connectivity index (χ2v) is 7.89. The zero-order valence-electron chi connectivity index (χ0n) is 14.7. The minimum Gasteiger partial charge on any atom is -0.369 e. The van der Waals surface area contributed by atoms with E-state index in [0.717, 1.165) is 38.4 Å². The van der Waals surface area contributed by atoms with Crippen molar-refractivity contribution < 1.29 is 8.42 Å². The highest BCUT2D eigenvalue weighted by Crippen LogP contribution is 2.22. The van der Waals surface area contributed by atoms with E-state index in [-0.39, 0.29) is 4.90 Å². The van der Waals surface area contributed by atoms with E-state index in [2.05, 4.69) is 21.4 Å². The van der Waals surface area contributed by atoms with Crippen LogP contribution in [-0.2, 0) is 10.0 Å². The summed E-state index contributed by atoms with van der Waals surface area (Å²) in [6.45, 7) is 7.29. The number of anilines is 2. The van der Waals surface area contributed by atoms with Gasteiger partial charge in [-0.2, -0.15) is 5.26 Å². The smallest absolute Gasteiger partial charge is 0.261 e. The van der Waals surface area contributed by atoms with Gasteiger partial charge in [0.15, 0.2) is 0 Å². The number of nitrogens with one attached hydrogen (secondary N) is 1. The van der Waals surface area contributed by atoms with Crippen LogP contribution < -0.4 is 9.62 Å². The van der Waals surface area contributed by atoms with Gasteiger partial charge >= 0.3 is 0 Å². The molecule has 26 heavy (non-hydrogen) atoms. The lowest BCUT2D eigenvalue weighted by molar-refractivity contribution is 0.271. The van der Waals surface area contributed by atoms with Crippen LogP contribution in [0.4, 0.5) is 11.4 Å². The molecule has 0 spiro atoms. The summed E-state index contributed by atoms with van der Waals surface area (Å²) in [7, 11) is -3.67. The molecule has 0 bridgehead atoms. The van der Waals surface area contributed by atoms with Gasteiger partial charge in [0.05, 0.1) is 16.5 Å². The summed E-state index contributed by atoms with van der Waals surface area (Å²) in [6, 6.07) is 15.3. The number of nitrogens with zero attached hydrogens (tertiary/aromatic N) is 3. The maximum absolute atomic E-state index is 12.4. The molecule has 3 rings (SSSR count). The van der Waals surface area contributed by atoms with Crippen molar-refractivity contribution in [3.05, 3.63) is 54.1 Å². The second-order valence-electron chi connectivity index (χ2n) is 6.21. The summed E-state index contributed by atoms with van der Waals surface area (Å²) in [5.41, 5.74) is 2.05. The molecule has 2 aromatic rings. The van der Waals surface area contributed by atoms with E-state index >= 15 is 0 Å². The fourth-order valence-electron chi connectivity index (χ4n) is 2.99. The van der Waals surface area contributed by atoms with Crippen molar-refractivity contribution in [2.75, 3.05) is 42.3 Å². The molecule has 1 N–H and O–H groups in total. The fraction of sp³-hybridized carbons (Fsp3) is 0.316. The Balaban J connectivity index is 1.68. The van der Waals surface area contributed by atoms with Crippen molar-refractivity contribution in [3.8, 4) is 6.07 Å². The molecule has 0 atom stereocenters. The van der Waals surface area contributed by atoms with E-state index in [0.29, 0.717) is 11.3 Å². The topological polar surface area (TPSA) is 76.4 Å². The lowest BCUT2D eigenvalue weighted by Gasteiger charge is -2.35. The standard InChI is InChI=1S/C19H22N4O2S/c1-2-22-11-13-23(14-12-22)18-7-5-17(6-8-18)21-26(24,25)19-9-3-16(15-20)4-10-19/h3-10,21H,2,11-14H2,1H3. The maximum atomic E-state index is 12.4. The van der Waals surface area contributed by atoms with Crippen molar-refractivity contribution in [2.24, 2.45) is 0 Å². The normalized spacial score (nSPS) is 15.5. The SMILES string of the molecule is CCN1CCN(c2ccc(NS(=O)(=O)c3ccc(C#N)cc3)cc2)CC1. The van der Waals surface area contributed by atoms with Crippen molar-refractivity contribution in [1.29, 1.82) is 5.26 Å². The molecule has 0 aromatic heterocycles. The van der Waals surface area contributed by atoms with E-state index in [1.54, 1.807) is 12.1 Å². The first-order valence-electron chi connectivity index (χ1n) is 8.62. The Kier molecular flexibility index (Phi) is 5.45. The third-order valence-electron chi connectivity index (χ3n) is 4.60. The molecule has 0 amide bonds. The van der Waals surface area contributed by atoms with Crippen molar-refractivity contribution in [1.82, 2.24) is 4.90 Å². The van der Waals surface area contributed by atoms with Crippen LogP contribution in [0.2, 0.25) is 0 Å². The van der Waals surface area contributed by atoms with E-state index < -0.39 is 10.0 Å². The molecule has 1 aliphatic heterocycles. The number of sulfonamides is 1. The molecule has 7 heteroatoms. The number of hydrogen-bond acceptors (Lipinski definition) is 5. The maximum Gasteiger partial charge on any atom is 0.261 e. The van der Waals surface area contributed by atoms with Gasteiger partial charge in [0.2, 0.25) is 0 Å². The fourth-order valence-corrected chi connectivity index (χ4v) is 4.04. The summed E-state index contributed by atoms with van der Waals surface area (Å²) in [5.74, 6) is 0. The van der Waals surface area contributed by atoms with Crippen LogP contribution >= 0.6 is 0 Å². The van der Waals surface area contributed by atoms with Gasteiger partial charge in [-0.1, -0.05) is 6.92 Å². The van der Waals surface area contributed by atoms with Gasteiger partial charge < -0.3 is 9.80 Å². The summed E-state index contributed by atoms with van der Waals surface area (Å²) in [4.78, 5) is 4.86. The van der Waals surface area contributed by atoms with Gasteiger partial charge in [-0.15, -0.1) is 0 Å². The number of rotatable bonds is 5. The molecule has 6 nitrogen and oxygen atoms in total. The molecule has 0 radical (unpaired) electrons. The Bertz CT molecular complexity index is 879. The monoisotopic (exact) mass is 370 g/mol. The lowest BCUT2D eigenvalue weighted by Crippen LogP contribution is -2.46. The summed E-state index contributed by atoms with van der Waals surface area (Å²) in [5, 5.41) is 8.81. The van der Waals surface area contributed by atoms with Crippen molar-refractivity contribution in [3.63, 3.8) is 0 Å². The number of benzene rings is 2. The average Bonchev–Trinajstić information content (AvgIpc) is 2.68. The lowest BCUT2D eigenvalue weighted by atomic mass is 10.2. The molecular formula is C19H22N4O2S. The summed E-state index contributed by atoms with van der Waals surface area (Å²) >= 11 is 0. The Labute approximate surface area is 154 Å². The second kappa shape index (κ2) is 7.77. The predicted octanol–water partition coefficient (Wildman–Crippen LogP) is 2.50. The van der Waals surface area contributed by atoms with Crippen LogP contribution in [0.3, 0.4) is 0 Å². The van der Waals surface area contributed by atoms with Crippen molar-refractivity contribution in [2.45, 2.75) is 11.8 Å². The zero-order valence-corrected chi connectivity index (χ0v) is 15.5. The number of piperazine rings is 1. The van der Waals surface area contributed by atoms with Crippen LogP contribution in [0, 0.1) is 11.3 Å². The summed E-state index contributed by atoms with van der Waals surface area (Å²) in [6.07, 6.45) is 0. The summed E-state index contributed by atoms with van der Waals surface area (Å²) < 4.78 is 27.5. The largest absolute Gasteiger partial charge is 0.369 e. The minimum absolute atomic E-state index is 0.135. The molecule has 1 heterocycles. The first kappa shape index (κ1) is 18.2. The minimum atomic E-state index is -3.67. The van der Waals surface area contributed by atoms with Crippen LogP contribution in [0.1, 0.15) is 12.5 Å². The molecule has 1 saturated heterocycles. The number of likely N-dealkylation sites (N-methyl/N-ethyl adjacent to an activating group) is 1. The predicted molar refractivity (Wildman–Crippen MR) is 103 cm³/mol. The zero-order chi connectivity index (χ0) is 18.6. The first-order valence-corrected chi connectivity index (χ1v) is 10.1. The van der Waals surface area contributed by atoms with Crippen LogP contribution in [0.25, 0.3) is 0 Å². The molecule has 136 valence electrons. The third kappa shape index (κ3) is 4.15. The Hall–Kier alpha value is -2.56. The highest BCUT2D eigenvalue weighted by atomic mass is 32.2. The number of nitriles is 1. The van der Waals surface area contributed by atoms with Gasteiger partial charge in [0.25, 0.3) is 10.0 Å². The van der Waals surface area contributed by atoms with E-state index in [1.807, 2.05) is 18.2 Å². The molecule has 2 aromatic carbocycles.